The van der Waals surface area contributed by atoms with E-state index in [9.17, 15) is 4.79 Å². The third kappa shape index (κ3) is 3.85. The Morgan fingerprint density at radius 1 is 1.19 bits per heavy atom. The lowest BCUT2D eigenvalue weighted by Crippen LogP contribution is -2.56. The fraction of sp³-hybridized carbons (Fsp3) is 0.444. The van der Waals surface area contributed by atoms with Gasteiger partial charge in [-0.15, -0.1) is 0 Å². The maximum atomic E-state index is 12.4. The Kier molecular flexibility index (Phi) is 5.82. The number of aromatic nitrogens is 1. The van der Waals surface area contributed by atoms with Crippen molar-refractivity contribution in [2.24, 2.45) is 0 Å². The van der Waals surface area contributed by atoms with Crippen LogP contribution in [-0.2, 0) is 11.2 Å². The standard InChI is InChI=1S/C18H22N2O5S/c1-22-14-6-4-12(16(23-2)17(14)24-3)5-7-15(21)20-10-13(11-20)25-18-19-8-9-26-18/h4,6,8-9,13H,5,7,10-11H2,1-3H3. The van der Waals surface area contributed by atoms with Crippen molar-refractivity contribution in [3.8, 4) is 22.4 Å². The van der Waals surface area contributed by atoms with E-state index in [4.69, 9.17) is 18.9 Å². The summed E-state index contributed by atoms with van der Waals surface area (Å²) >= 11 is 1.46. The number of ether oxygens (including phenoxy) is 4. The van der Waals surface area contributed by atoms with E-state index in [1.54, 1.807) is 32.4 Å². The molecule has 1 aliphatic heterocycles. The molecule has 1 aliphatic rings. The summed E-state index contributed by atoms with van der Waals surface area (Å²) in [5.74, 6) is 1.85. The van der Waals surface area contributed by atoms with Gasteiger partial charge in [-0.1, -0.05) is 17.4 Å². The first-order valence-corrected chi connectivity index (χ1v) is 9.16. The van der Waals surface area contributed by atoms with E-state index < -0.39 is 0 Å². The van der Waals surface area contributed by atoms with Gasteiger partial charge in [0.05, 0.1) is 34.4 Å². The molecule has 0 aliphatic carbocycles. The largest absolute Gasteiger partial charge is 0.493 e. The van der Waals surface area contributed by atoms with Crippen molar-refractivity contribution in [2.75, 3.05) is 34.4 Å². The van der Waals surface area contributed by atoms with Gasteiger partial charge in [0, 0.05) is 18.0 Å². The minimum atomic E-state index is 0.0284. The van der Waals surface area contributed by atoms with Crippen LogP contribution in [-0.4, -0.2) is 56.3 Å². The second kappa shape index (κ2) is 8.27. The zero-order valence-corrected chi connectivity index (χ0v) is 15.9. The summed E-state index contributed by atoms with van der Waals surface area (Å²) < 4.78 is 21.8. The van der Waals surface area contributed by atoms with Gasteiger partial charge in [0.25, 0.3) is 5.19 Å². The van der Waals surface area contributed by atoms with Crippen LogP contribution in [0.3, 0.4) is 0 Å². The first-order valence-electron chi connectivity index (χ1n) is 8.28. The van der Waals surface area contributed by atoms with Gasteiger partial charge in [-0.2, -0.15) is 0 Å². The van der Waals surface area contributed by atoms with Crippen LogP contribution in [0.4, 0.5) is 0 Å². The van der Waals surface area contributed by atoms with Gasteiger partial charge in [-0.05, 0) is 18.1 Å². The fourth-order valence-corrected chi connectivity index (χ4v) is 3.44. The summed E-state index contributed by atoms with van der Waals surface area (Å²) in [6.45, 7) is 1.20. The predicted octanol–water partition coefficient (Wildman–Crippen LogP) is 2.39. The Labute approximate surface area is 156 Å². The van der Waals surface area contributed by atoms with Gasteiger partial charge >= 0.3 is 0 Å². The van der Waals surface area contributed by atoms with Gasteiger partial charge in [0.2, 0.25) is 11.7 Å². The van der Waals surface area contributed by atoms with E-state index in [1.165, 1.54) is 11.3 Å². The molecular weight excluding hydrogens is 356 g/mol. The number of carbonyl (C=O) groups is 1. The topological polar surface area (TPSA) is 70.1 Å². The van der Waals surface area contributed by atoms with E-state index in [0.717, 1.165) is 5.56 Å². The van der Waals surface area contributed by atoms with Gasteiger partial charge in [0.1, 0.15) is 6.10 Å². The molecule has 3 rings (SSSR count). The van der Waals surface area contributed by atoms with Crippen LogP contribution in [0, 0.1) is 0 Å². The molecule has 0 saturated carbocycles. The molecule has 0 spiro atoms. The lowest BCUT2D eigenvalue weighted by atomic mass is 10.0. The molecule has 1 aromatic heterocycles. The maximum Gasteiger partial charge on any atom is 0.273 e. The summed E-state index contributed by atoms with van der Waals surface area (Å²) in [6.07, 6.45) is 2.70. The van der Waals surface area contributed by atoms with Crippen molar-refractivity contribution in [1.82, 2.24) is 9.88 Å². The Morgan fingerprint density at radius 2 is 1.96 bits per heavy atom. The van der Waals surface area contributed by atoms with Gasteiger partial charge < -0.3 is 23.8 Å². The second-order valence-electron chi connectivity index (χ2n) is 5.83. The summed E-state index contributed by atoms with van der Waals surface area (Å²) in [7, 11) is 4.73. The second-order valence-corrected chi connectivity index (χ2v) is 6.69. The zero-order valence-electron chi connectivity index (χ0n) is 15.1. The van der Waals surface area contributed by atoms with Crippen molar-refractivity contribution in [1.29, 1.82) is 0 Å². The highest BCUT2D eigenvalue weighted by atomic mass is 32.1. The molecule has 1 saturated heterocycles. The molecule has 0 bridgehead atoms. The minimum Gasteiger partial charge on any atom is -0.493 e. The number of hydrogen-bond donors (Lipinski definition) is 0. The number of aryl methyl sites for hydroxylation is 1. The molecule has 0 radical (unpaired) electrons. The Hall–Kier alpha value is -2.48. The lowest BCUT2D eigenvalue weighted by Gasteiger charge is -2.38. The Balaban J connectivity index is 1.54. The van der Waals surface area contributed by atoms with Crippen LogP contribution in [0.5, 0.6) is 22.4 Å². The third-order valence-electron chi connectivity index (χ3n) is 4.27. The number of thiazole rings is 1. The van der Waals surface area contributed by atoms with E-state index in [-0.39, 0.29) is 12.0 Å². The summed E-state index contributed by atoms with van der Waals surface area (Å²) in [6, 6.07) is 3.72. The summed E-state index contributed by atoms with van der Waals surface area (Å²) in [5.41, 5.74) is 0.912. The number of benzene rings is 1. The highest BCUT2D eigenvalue weighted by Crippen LogP contribution is 2.40. The Bertz CT molecular complexity index is 744. The van der Waals surface area contributed by atoms with Crippen molar-refractivity contribution in [3.05, 3.63) is 29.3 Å². The van der Waals surface area contributed by atoms with E-state index in [1.807, 2.05) is 17.5 Å². The number of likely N-dealkylation sites (tertiary alicyclic amines) is 1. The number of carbonyl (C=O) groups excluding carboxylic acids is 1. The molecule has 0 unspecified atom stereocenters. The van der Waals surface area contributed by atoms with Gasteiger partial charge in [-0.25, -0.2) is 4.98 Å². The van der Waals surface area contributed by atoms with Crippen molar-refractivity contribution in [3.63, 3.8) is 0 Å². The molecule has 1 amide bonds. The average molecular weight is 378 g/mol. The molecule has 0 atom stereocenters. The molecule has 7 nitrogen and oxygen atoms in total. The quantitative estimate of drug-likeness (QED) is 0.703. The third-order valence-corrected chi connectivity index (χ3v) is 4.93. The monoisotopic (exact) mass is 378 g/mol. The number of amides is 1. The zero-order chi connectivity index (χ0) is 18.5. The van der Waals surface area contributed by atoms with Crippen molar-refractivity contribution >= 4 is 17.2 Å². The van der Waals surface area contributed by atoms with Gasteiger partial charge in [0.15, 0.2) is 11.5 Å². The number of rotatable bonds is 8. The molecule has 0 N–H and O–H groups in total. The van der Waals surface area contributed by atoms with Crippen LogP contribution in [0.2, 0.25) is 0 Å². The molecular formula is C18H22N2O5S. The molecule has 2 aromatic rings. The maximum absolute atomic E-state index is 12.4. The molecule has 1 aromatic carbocycles. The Morgan fingerprint density at radius 3 is 2.58 bits per heavy atom. The highest BCUT2D eigenvalue weighted by Gasteiger charge is 2.32. The molecule has 26 heavy (non-hydrogen) atoms. The molecule has 140 valence electrons. The lowest BCUT2D eigenvalue weighted by molar-refractivity contribution is -0.139. The number of hydrogen-bond acceptors (Lipinski definition) is 7. The number of methoxy groups -OCH3 is 3. The van der Waals surface area contributed by atoms with Crippen LogP contribution in [0.15, 0.2) is 23.7 Å². The van der Waals surface area contributed by atoms with Crippen LogP contribution < -0.4 is 18.9 Å². The fourth-order valence-electron chi connectivity index (χ4n) is 2.89. The summed E-state index contributed by atoms with van der Waals surface area (Å²) in [5, 5.41) is 2.52. The van der Waals surface area contributed by atoms with Crippen LogP contribution >= 0.6 is 11.3 Å². The smallest absolute Gasteiger partial charge is 0.273 e. The SMILES string of the molecule is COc1ccc(CCC(=O)N2CC(Oc3nccs3)C2)c(OC)c1OC. The van der Waals surface area contributed by atoms with E-state index >= 15 is 0 Å². The summed E-state index contributed by atoms with van der Waals surface area (Å²) in [4.78, 5) is 18.3. The van der Waals surface area contributed by atoms with E-state index in [0.29, 0.717) is 48.4 Å². The molecule has 1 fully saturated rings. The predicted molar refractivity (Wildman–Crippen MR) is 97.5 cm³/mol. The first kappa shape index (κ1) is 18.3. The van der Waals surface area contributed by atoms with E-state index in [2.05, 4.69) is 4.98 Å². The number of nitrogens with zero attached hydrogens (tertiary/aromatic N) is 2. The van der Waals surface area contributed by atoms with Crippen LogP contribution in [0.25, 0.3) is 0 Å². The first-order chi connectivity index (χ1) is 12.7. The van der Waals surface area contributed by atoms with Crippen molar-refractivity contribution in [2.45, 2.75) is 18.9 Å². The minimum absolute atomic E-state index is 0.0284. The molecule has 8 heteroatoms. The molecule has 2 heterocycles. The van der Waals surface area contributed by atoms with Gasteiger partial charge in [-0.3, -0.25) is 4.79 Å². The normalized spacial score (nSPS) is 13.9. The highest BCUT2D eigenvalue weighted by molar-refractivity contribution is 7.11. The van der Waals surface area contributed by atoms with Crippen LogP contribution in [0.1, 0.15) is 12.0 Å². The van der Waals surface area contributed by atoms with Crippen molar-refractivity contribution < 1.29 is 23.7 Å². The average Bonchev–Trinajstić information content (AvgIpc) is 3.14.